The third-order valence-electron chi connectivity index (χ3n) is 2.09. The maximum absolute atomic E-state index is 10.3. The number of nitrogens with zero attached hydrogens (tertiary/aromatic N) is 1. The van der Waals surface area contributed by atoms with Crippen LogP contribution in [0.1, 0.15) is 46.0 Å². The Morgan fingerprint density at radius 3 is 1.81 bits per heavy atom. The van der Waals surface area contributed by atoms with Crippen molar-refractivity contribution in [2.45, 2.75) is 46.0 Å². The number of nitriles is 1. The van der Waals surface area contributed by atoms with Crippen LogP contribution in [-0.4, -0.2) is 22.2 Å². The molecule has 0 unspecified atom stereocenters. The van der Waals surface area contributed by atoms with E-state index in [1.54, 1.807) is 6.07 Å². The number of carboxylic acid groups (broad SMARTS) is 2. The molecule has 0 saturated carbocycles. The minimum atomic E-state index is -0.935. The Hall–Kier alpha value is -2.35. The van der Waals surface area contributed by atoms with E-state index in [1.165, 1.54) is 25.8 Å². The van der Waals surface area contributed by atoms with Crippen molar-refractivity contribution in [3.05, 3.63) is 37.0 Å². The quantitative estimate of drug-likeness (QED) is 0.421. The highest BCUT2D eigenvalue weighted by Gasteiger charge is 2.01. The van der Waals surface area contributed by atoms with Crippen molar-refractivity contribution >= 4 is 11.9 Å². The van der Waals surface area contributed by atoms with Gasteiger partial charge >= 0.3 is 11.9 Å². The molecule has 0 heterocycles. The number of rotatable bonds is 7. The fourth-order valence-corrected chi connectivity index (χ4v) is 0.872. The molecule has 0 radical (unpaired) electrons. The predicted octanol–water partition coefficient (Wildman–Crippen LogP) is 3.94. The third kappa shape index (κ3) is 27.0. The lowest BCUT2D eigenvalue weighted by atomic mass is 10.1. The van der Waals surface area contributed by atoms with Crippen molar-refractivity contribution in [3.63, 3.8) is 0 Å². The molecular weight excluding hydrogens is 270 g/mol. The second-order valence-corrected chi connectivity index (χ2v) is 4.14. The maximum atomic E-state index is 10.3. The molecule has 0 atom stereocenters. The first-order valence-electron chi connectivity index (χ1n) is 6.54. The number of aliphatic carboxylic acids is 2. The topological polar surface area (TPSA) is 98.4 Å². The van der Waals surface area contributed by atoms with Crippen LogP contribution in [0, 0.1) is 11.3 Å². The molecule has 0 aliphatic carbocycles. The van der Waals surface area contributed by atoms with Crippen molar-refractivity contribution < 1.29 is 19.8 Å². The van der Waals surface area contributed by atoms with E-state index in [1.807, 2.05) is 0 Å². The zero-order valence-corrected chi connectivity index (χ0v) is 12.9. The van der Waals surface area contributed by atoms with Crippen LogP contribution in [0.5, 0.6) is 0 Å². The minimum Gasteiger partial charge on any atom is -0.478 e. The predicted molar refractivity (Wildman–Crippen MR) is 83.8 cm³/mol. The highest BCUT2D eigenvalue weighted by atomic mass is 16.4. The molecule has 0 aliphatic rings. The fourth-order valence-electron chi connectivity index (χ4n) is 0.872. The number of hydrogen-bond acceptors (Lipinski definition) is 3. The molecule has 0 amide bonds. The van der Waals surface area contributed by atoms with Crippen LogP contribution < -0.4 is 0 Å². The molecule has 0 saturated heterocycles. The van der Waals surface area contributed by atoms with E-state index in [-0.39, 0.29) is 5.57 Å². The summed E-state index contributed by atoms with van der Waals surface area (Å²) in [6.45, 7) is 13.3. The Balaban J connectivity index is -0.000000272. The van der Waals surface area contributed by atoms with Gasteiger partial charge < -0.3 is 10.2 Å². The standard InChI is InChI=1S/C9H16O2.C4H6O2.C3H3N/c1-3-4-5-6-7-8(2)9(10)11;1-3(2)4(5)6;1-2-3-4/h2-7H2,1H3,(H,10,11);1H2,2H3,(H,5,6);2H,1H2. The molecular formula is C16H25NO4. The monoisotopic (exact) mass is 295 g/mol. The van der Waals surface area contributed by atoms with Gasteiger partial charge in [0.05, 0.1) is 6.07 Å². The summed E-state index contributed by atoms with van der Waals surface area (Å²) in [5.74, 6) is -1.79. The van der Waals surface area contributed by atoms with Gasteiger partial charge in [-0.2, -0.15) is 5.26 Å². The number of unbranched alkanes of at least 4 members (excludes halogenated alkanes) is 3. The molecule has 0 aromatic carbocycles. The van der Waals surface area contributed by atoms with E-state index >= 15 is 0 Å². The molecule has 0 rings (SSSR count). The lowest BCUT2D eigenvalue weighted by molar-refractivity contribution is -0.133. The summed E-state index contributed by atoms with van der Waals surface area (Å²) >= 11 is 0. The average molecular weight is 295 g/mol. The van der Waals surface area contributed by atoms with Crippen LogP contribution in [0.3, 0.4) is 0 Å². The molecule has 0 bridgehead atoms. The Morgan fingerprint density at radius 1 is 1.14 bits per heavy atom. The van der Waals surface area contributed by atoms with Gasteiger partial charge in [0.1, 0.15) is 0 Å². The van der Waals surface area contributed by atoms with E-state index in [0.717, 1.165) is 12.8 Å². The lowest BCUT2D eigenvalue weighted by Crippen LogP contribution is -1.98. The molecule has 118 valence electrons. The van der Waals surface area contributed by atoms with Gasteiger partial charge in [0.15, 0.2) is 0 Å². The van der Waals surface area contributed by atoms with E-state index in [4.69, 9.17) is 15.5 Å². The smallest absolute Gasteiger partial charge is 0.330 e. The highest BCUT2D eigenvalue weighted by Crippen LogP contribution is 2.07. The first-order valence-corrected chi connectivity index (χ1v) is 6.54. The van der Waals surface area contributed by atoms with Gasteiger partial charge in [0.25, 0.3) is 0 Å². The molecule has 0 aromatic heterocycles. The van der Waals surface area contributed by atoms with Gasteiger partial charge in [0, 0.05) is 17.2 Å². The first-order chi connectivity index (χ1) is 9.74. The molecule has 0 aliphatic heterocycles. The first kappa shape index (κ1) is 23.7. The maximum Gasteiger partial charge on any atom is 0.330 e. The summed E-state index contributed by atoms with van der Waals surface area (Å²) in [7, 11) is 0. The van der Waals surface area contributed by atoms with Gasteiger partial charge in [-0.1, -0.05) is 45.9 Å². The molecule has 5 heteroatoms. The Kier molecular flexibility index (Phi) is 19.9. The van der Waals surface area contributed by atoms with Crippen LogP contribution in [0.4, 0.5) is 0 Å². The van der Waals surface area contributed by atoms with E-state index in [2.05, 4.69) is 26.7 Å². The normalized spacial score (nSPS) is 7.86. The molecule has 5 nitrogen and oxygen atoms in total. The van der Waals surface area contributed by atoms with E-state index < -0.39 is 11.9 Å². The molecule has 21 heavy (non-hydrogen) atoms. The van der Waals surface area contributed by atoms with Crippen molar-refractivity contribution in [3.8, 4) is 6.07 Å². The summed E-state index contributed by atoms with van der Waals surface area (Å²) in [6, 6.07) is 1.69. The van der Waals surface area contributed by atoms with Crippen LogP contribution in [0.15, 0.2) is 37.0 Å². The molecule has 0 fully saturated rings. The second-order valence-electron chi connectivity index (χ2n) is 4.14. The zero-order chi connectivity index (χ0) is 17.3. The minimum absolute atomic E-state index is 0.176. The van der Waals surface area contributed by atoms with Crippen LogP contribution in [-0.2, 0) is 9.59 Å². The van der Waals surface area contributed by atoms with Gasteiger partial charge in [-0.15, -0.1) is 0 Å². The van der Waals surface area contributed by atoms with Gasteiger partial charge in [-0.05, 0) is 19.8 Å². The van der Waals surface area contributed by atoms with Gasteiger partial charge in [-0.3, -0.25) is 0 Å². The third-order valence-corrected chi connectivity index (χ3v) is 2.09. The van der Waals surface area contributed by atoms with Gasteiger partial charge in [-0.25, -0.2) is 9.59 Å². The second kappa shape index (κ2) is 17.6. The number of carbonyl (C=O) groups is 2. The summed E-state index contributed by atoms with van der Waals surface area (Å²) in [6.07, 6.45) is 6.25. The Morgan fingerprint density at radius 2 is 1.57 bits per heavy atom. The number of allylic oxidation sites excluding steroid dienone is 1. The van der Waals surface area contributed by atoms with Crippen LogP contribution in [0.2, 0.25) is 0 Å². The number of hydrogen-bond donors (Lipinski definition) is 2. The molecule has 0 aromatic rings. The average Bonchev–Trinajstić information content (AvgIpc) is 2.44. The van der Waals surface area contributed by atoms with Crippen molar-refractivity contribution in [1.29, 1.82) is 5.26 Å². The van der Waals surface area contributed by atoms with Crippen molar-refractivity contribution in [2.75, 3.05) is 0 Å². The summed E-state index contributed by atoms with van der Waals surface area (Å²) < 4.78 is 0. The SMILES string of the molecule is C=C(C)C(=O)O.C=C(CCCCCC)C(=O)O.C=CC#N. The van der Waals surface area contributed by atoms with E-state index in [0.29, 0.717) is 12.0 Å². The largest absolute Gasteiger partial charge is 0.478 e. The van der Waals surface area contributed by atoms with Crippen LogP contribution in [0.25, 0.3) is 0 Å². The Labute approximate surface area is 126 Å². The van der Waals surface area contributed by atoms with Crippen LogP contribution >= 0.6 is 0 Å². The Bertz CT molecular complexity index is 380. The summed E-state index contributed by atoms with van der Waals surface area (Å²) in [5, 5.41) is 23.8. The lowest BCUT2D eigenvalue weighted by Gasteiger charge is -1.98. The fraction of sp³-hybridized carbons (Fsp3) is 0.438. The van der Waals surface area contributed by atoms with Crippen molar-refractivity contribution in [2.24, 2.45) is 0 Å². The van der Waals surface area contributed by atoms with E-state index in [9.17, 15) is 9.59 Å². The summed E-state index contributed by atoms with van der Waals surface area (Å²) in [5.41, 5.74) is 0.510. The zero-order valence-electron chi connectivity index (χ0n) is 12.9. The van der Waals surface area contributed by atoms with Crippen molar-refractivity contribution in [1.82, 2.24) is 0 Å². The molecule has 2 N–H and O–H groups in total. The summed E-state index contributed by atoms with van der Waals surface area (Å²) in [4.78, 5) is 19.9. The molecule has 0 spiro atoms. The van der Waals surface area contributed by atoms with Gasteiger partial charge in [0.2, 0.25) is 0 Å². The highest BCUT2D eigenvalue weighted by molar-refractivity contribution is 5.85. The number of carboxylic acids is 2.